The maximum Gasteiger partial charge on any atom is 0.0619 e. The third-order valence-electron chi connectivity index (χ3n) is 0.183. The van der Waals surface area contributed by atoms with E-state index in [-0.39, 0.29) is 4.27 Å². The van der Waals surface area contributed by atoms with E-state index in [1.807, 2.05) is 0 Å². The molecule has 3 nitrogen and oxygen atoms in total. The molecular formula is CH4N2OS. The van der Waals surface area contributed by atoms with E-state index in [9.17, 15) is 4.91 Å². The maximum absolute atomic E-state index is 9.43. The Labute approximate surface area is 35.5 Å². The Hall–Kier alpha value is -0.380. The summed E-state index contributed by atoms with van der Waals surface area (Å²) in [5, 5.41) is 0. The second-order valence-corrected chi connectivity index (χ2v) is 0.812. The van der Waals surface area contributed by atoms with Crippen LogP contribution in [-0.2, 0) is 12.8 Å². The molecule has 0 bridgehead atoms. The summed E-state index contributed by atoms with van der Waals surface area (Å²) < 4.78 is 0.208. The number of nitroso groups, excluding NO2 is 1. The highest BCUT2D eigenvalue weighted by atomic mass is 32.1. The molecule has 0 rings (SSSR count). The molecule has 0 heterocycles. The van der Waals surface area contributed by atoms with Gasteiger partial charge in [0, 0.05) is 9.18 Å². The van der Waals surface area contributed by atoms with Gasteiger partial charge < -0.3 is 12.8 Å². The Kier molecular flexibility index (Phi) is 1.75. The molecule has 0 aliphatic carbocycles. The molecule has 0 aliphatic rings. The molecule has 0 amide bonds. The van der Waals surface area contributed by atoms with Crippen molar-refractivity contribution in [3.8, 4) is 0 Å². The van der Waals surface area contributed by atoms with Gasteiger partial charge in [0.2, 0.25) is 0 Å². The molecule has 0 radical (unpaired) electrons. The minimum Gasteiger partial charge on any atom is -0.333 e. The molecule has 0 aromatic heterocycles. The normalized spacial score (nSPS) is 6.60. The van der Waals surface area contributed by atoms with E-state index in [4.69, 9.17) is 0 Å². The summed E-state index contributed by atoms with van der Waals surface area (Å²) >= 11 is 3.95. The van der Waals surface area contributed by atoms with Crippen molar-refractivity contribution >= 4 is 12.8 Å². The van der Waals surface area contributed by atoms with Crippen LogP contribution in [0.5, 0.6) is 0 Å². The number of hydrazine groups is 1. The Morgan fingerprint density at radius 2 is 2.20 bits per heavy atom. The standard InChI is InChI=1S/CH4N2OS/c1-2-3(4)5/h1H3,(H,2,4,5). The van der Waals surface area contributed by atoms with Crippen LogP contribution in [0.15, 0.2) is 0 Å². The van der Waals surface area contributed by atoms with E-state index in [2.05, 4.69) is 18.2 Å². The Morgan fingerprint density at radius 1 is 2.00 bits per heavy atom. The summed E-state index contributed by atoms with van der Waals surface area (Å²) in [4.78, 5) is 9.43. The smallest absolute Gasteiger partial charge is 0.0619 e. The molecule has 0 saturated carbocycles. The molecule has 4 heteroatoms. The maximum atomic E-state index is 9.43. The van der Waals surface area contributed by atoms with Crippen LogP contribution in [0.3, 0.4) is 0 Å². The quantitative estimate of drug-likeness (QED) is 0.265. The second-order valence-electron chi connectivity index (χ2n) is 0.481. The first-order chi connectivity index (χ1) is 2.27. The summed E-state index contributed by atoms with van der Waals surface area (Å²) in [6, 6.07) is 0. The van der Waals surface area contributed by atoms with Gasteiger partial charge in [0.15, 0.2) is 0 Å². The van der Waals surface area contributed by atoms with Crippen LogP contribution < -0.4 is 5.43 Å². The van der Waals surface area contributed by atoms with E-state index in [0.717, 1.165) is 0 Å². The van der Waals surface area contributed by atoms with Gasteiger partial charge in [-0.05, 0) is 0 Å². The van der Waals surface area contributed by atoms with E-state index in [1.165, 1.54) is 7.05 Å². The van der Waals surface area contributed by atoms with Crippen LogP contribution in [0.1, 0.15) is 0 Å². The van der Waals surface area contributed by atoms with Crippen LogP contribution in [0, 0.1) is 4.91 Å². The van der Waals surface area contributed by atoms with Gasteiger partial charge in [-0.2, -0.15) is 5.43 Å². The van der Waals surface area contributed by atoms with Crippen molar-refractivity contribution in [3.05, 3.63) is 4.91 Å². The third-order valence-corrected chi connectivity index (χ3v) is 0.365. The van der Waals surface area contributed by atoms with Crippen molar-refractivity contribution in [1.82, 2.24) is 5.43 Å². The van der Waals surface area contributed by atoms with E-state index in [0.29, 0.717) is 0 Å². The zero-order chi connectivity index (χ0) is 4.28. The van der Waals surface area contributed by atoms with Gasteiger partial charge >= 0.3 is 0 Å². The fourth-order valence-corrected chi connectivity index (χ4v) is 0. The molecule has 0 saturated heterocycles. The molecule has 0 spiro atoms. The first-order valence-electron chi connectivity index (χ1n) is 1.09. The van der Waals surface area contributed by atoms with Gasteiger partial charge in [-0.15, -0.1) is 0 Å². The molecule has 0 fully saturated rings. The van der Waals surface area contributed by atoms with Gasteiger partial charge in [0.25, 0.3) is 0 Å². The first kappa shape index (κ1) is 4.62. The van der Waals surface area contributed by atoms with Crippen molar-refractivity contribution in [3.63, 3.8) is 0 Å². The van der Waals surface area contributed by atoms with E-state index in [1.54, 1.807) is 0 Å². The SMILES string of the molecule is CN[N+](=O)[S-]. The predicted molar refractivity (Wildman–Crippen MR) is 20.1 cm³/mol. The monoisotopic (exact) mass is 92.0 g/mol. The lowest BCUT2D eigenvalue weighted by Gasteiger charge is -1.82. The fourth-order valence-electron chi connectivity index (χ4n) is 0. The van der Waals surface area contributed by atoms with Crippen molar-refractivity contribution in [2.45, 2.75) is 0 Å². The second kappa shape index (κ2) is 1.90. The molecule has 30 valence electrons. The van der Waals surface area contributed by atoms with Crippen LogP contribution in [0.4, 0.5) is 0 Å². The summed E-state index contributed by atoms with van der Waals surface area (Å²) in [7, 11) is 1.46. The van der Waals surface area contributed by atoms with Gasteiger partial charge in [-0.25, -0.2) is 0 Å². The Bertz CT molecular complexity index is 44.9. The molecule has 0 atom stereocenters. The zero-order valence-electron chi connectivity index (χ0n) is 2.76. The number of hydrogen-bond acceptors (Lipinski definition) is 2. The van der Waals surface area contributed by atoms with Crippen LogP contribution in [0.25, 0.3) is 0 Å². The lowest BCUT2D eigenvalue weighted by molar-refractivity contribution is -0.435. The fraction of sp³-hybridized carbons (Fsp3) is 1.00. The molecule has 0 aliphatic heterocycles. The van der Waals surface area contributed by atoms with Crippen molar-refractivity contribution in [2.24, 2.45) is 0 Å². The lowest BCUT2D eigenvalue weighted by Crippen LogP contribution is -2.14. The third kappa shape index (κ3) is 3.62. The molecular weight excluding hydrogens is 88.1 g/mol. The van der Waals surface area contributed by atoms with Gasteiger partial charge in [0.05, 0.1) is 7.05 Å². The van der Waals surface area contributed by atoms with Crippen LogP contribution >= 0.6 is 0 Å². The number of nitrogens with zero attached hydrogens (tertiary/aromatic N) is 1. The largest absolute Gasteiger partial charge is 0.333 e. The van der Waals surface area contributed by atoms with Crippen molar-refractivity contribution < 1.29 is 4.27 Å². The minimum atomic E-state index is 0.208. The number of rotatable bonds is 1. The van der Waals surface area contributed by atoms with Crippen molar-refractivity contribution in [1.29, 1.82) is 0 Å². The highest BCUT2D eigenvalue weighted by Crippen LogP contribution is 1.41. The summed E-state index contributed by atoms with van der Waals surface area (Å²) in [5.41, 5.74) is 2.12. The molecule has 5 heavy (non-hydrogen) atoms. The van der Waals surface area contributed by atoms with Gasteiger partial charge in [-0.1, -0.05) is 0 Å². The molecule has 0 aromatic carbocycles. The van der Waals surface area contributed by atoms with Gasteiger partial charge in [-0.3, -0.25) is 0 Å². The molecule has 0 aromatic rings. The lowest BCUT2D eigenvalue weighted by atomic mass is 11.5. The topological polar surface area (TPSA) is 32.1 Å². The van der Waals surface area contributed by atoms with E-state index >= 15 is 0 Å². The van der Waals surface area contributed by atoms with Crippen LogP contribution in [0.2, 0.25) is 0 Å². The number of nitrogens with one attached hydrogen (secondary N) is 1. The highest BCUT2D eigenvalue weighted by molar-refractivity contribution is 7.51. The summed E-state index contributed by atoms with van der Waals surface area (Å²) in [6.07, 6.45) is 0. The minimum absolute atomic E-state index is 0.208. The average Bonchev–Trinajstić information content (AvgIpc) is 1.38. The average molecular weight is 92.1 g/mol. The predicted octanol–water partition coefficient (Wildman–Crippen LogP) is -0.638. The molecule has 0 unspecified atom stereocenters. The summed E-state index contributed by atoms with van der Waals surface area (Å²) in [5.74, 6) is 0. The number of hydrogen-bond donors (Lipinski definition) is 1. The highest BCUT2D eigenvalue weighted by Gasteiger charge is 1.66. The van der Waals surface area contributed by atoms with Crippen molar-refractivity contribution in [2.75, 3.05) is 7.05 Å². The zero-order valence-corrected chi connectivity index (χ0v) is 3.58. The van der Waals surface area contributed by atoms with E-state index < -0.39 is 0 Å². The first-order valence-corrected chi connectivity index (χ1v) is 1.45. The Morgan fingerprint density at radius 3 is 2.20 bits per heavy atom. The Balaban J connectivity index is 2.85. The van der Waals surface area contributed by atoms with Crippen LogP contribution in [-0.4, -0.2) is 11.3 Å². The van der Waals surface area contributed by atoms with Gasteiger partial charge in [0.1, 0.15) is 0 Å². The molecule has 1 N–H and O–H groups in total. The summed E-state index contributed by atoms with van der Waals surface area (Å²) in [6.45, 7) is 0.